The fraction of sp³-hybridized carbons (Fsp3) is 0.133. The second-order valence-corrected chi connectivity index (χ2v) is 5.20. The van der Waals surface area contributed by atoms with Gasteiger partial charge in [0, 0.05) is 22.4 Å². The van der Waals surface area contributed by atoms with Gasteiger partial charge in [0.25, 0.3) is 5.91 Å². The summed E-state index contributed by atoms with van der Waals surface area (Å²) in [6.07, 6.45) is 0. The number of imide groups is 1. The third-order valence-corrected chi connectivity index (χ3v) is 3.95. The van der Waals surface area contributed by atoms with E-state index in [2.05, 4.69) is 15.6 Å². The molecule has 1 aromatic heterocycles. The first kappa shape index (κ1) is 12.0. The Labute approximate surface area is 119 Å². The van der Waals surface area contributed by atoms with E-state index in [1.165, 1.54) is 12.1 Å². The number of aryl methyl sites for hydroxylation is 1. The lowest BCUT2D eigenvalue weighted by Crippen LogP contribution is -2.43. The Balaban J connectivity index is 2.12. The first-order chi connectivity index (χ1) is 10.0. The fourth-order valence-corrected chi connectivity index (χ4v) is 3.08. The minimum atomic E-state index is -1.38. The predicted molar refractivity (Wildman–Crippen MR) is 71.8 cm³/mol. The van der Waals surface area contributed by atoms with Gasteiger partial charge in [-0.3, -0.25) is 15.1 Å². The van der Waals surface area contributed by atoms with Crippen LogP contribution < -0.4 is 10.6 Å². The van der Waals surface area contributed by atoms with E-state index in [0.29, 0.717) is 22.4 Å². The summed E-state index contributed by atoms with van der Waals surface area (Å²) in [5.74, 6) is -0.977. The summed E-state index contributed by atoms with van der Waals surface area (Å²) in [7, 11) is 0. The molecule has 0 radical (unpaired) electrons. The summed E-state index contributed by atoms with van der Waals surface area (Å²) in [6, 6.07) is 7.10. The van der Waals surface area contributed by atoms with Crippen LogP contribution in [-0.4, -0.2) is 16.9 Å². The third kappa shape index (κ3) is 1.36. The van der Waals surface area contributed by atoms with Crippen molar-refractivity contribution in [3.05, 3.63) is 53.0 Å². The number of carbonyl (C=O) groups excluding carboxylic acids is 2. The van der Waals surface area contributed by atoms with Crippen LogP contribution in [0.3, 0.4) is 0 Å². The Hall–Kier alpha value is -2.76. The van der Waals surface area contributed by atoms with E-state index < -0.39 is 23.3 Å². The SMILES string of the molecule is Cc1ccc2c(n1)-c1ccc(F)cc1C21NC(=O)NC1=O. The fourth-order valence-electron chi connectivity index (χ4n) is 3.08. The van der Waals surface area contributed by atoms with Crippen LogP contribution in [0.2, 0.25) is 0 Å². The summed E-state index contributed by atoms with van der Waals surface area (Å²) < 4.78 is 13.7. The maximum Gasteiger partial charge on any atom is 0.322 e. The number of nitrogens with zero attached hydrogens (tertiary/aromatic N) is 1. The molecule has 0 bridgehead atoms. The maximum atomic E-state index is 13.7. The van der Waals surface area contributed by atoms with Crippen molar-refractivity contribution in [2.45, 2.75) is 12.5 Å². The van der Waals surface area contributed by atoms with E-state index in [9.17, 15) is 14.0 Å². The van der Waals surface area contributed by atoms with E-state index in [4.69, 9.17) is 0 Å². The van der Waals surface area contributed by atoms with E-state index in [-0.39, 0.29) is 0 Å². The van der Waals surface area contributed by atoms with Gasteiger partial charge in [0.2, 0.25) is 0 Å². The third-order valence-electron chi connectivity index (χ3n) is 3.95. The molecule has 2 aliphatic rings. The van der Waals surface area contributed by atoms with Gasteiger partial charge < -0.3 is 5.32 Å². The molecule has 1 atom stereocenters. The highest BCUT2D eigenvalue weighted by Gasteiger charge is 2.55. The molecular weight excluding hydrogens is 273 g/mol. The number of hydrogen-bond donors (Lipinski definition) is 2. The largest absolute Gasteiger partial charge is 0.322 e. The quantitative estimate of drug-likeness (QED) is 0.721. The number of fused-ring (bicyclic) bond motifs is 5. The molecule has 1 aliphatic carbocycles. The van der Waals surface area contributed by atoms with Crippen molar-refractivity contribution in [3.8, 4) is 11.3 Å². The first-order valence-electron chi connectivity index (χ1n) is 6.44. The van der Waals surface area contributed by atoms with Crippen LogP contribution >= 0.6 is 0 Å². The van der Waals surface area contributed by atoms with Gasteiger partial charge in [-0.05, 0) is 31.2 Å². The zero-order valence-electron chi connectivity index (χ0n) is 11.0. The van der Waals surface area contributed by atoms with Gasteiger partial charge >= 0.3 is 6.03 Å². The van der Waals surface area contributed by atoms with Crippen LogP contribution in [0.15, 0.2) is 30.3 Å². The molecule has 4 rings (SSSR count). The summed E-state index contributed by atoms with van der Waals surface area (Å²) in [4.78, 5) is 28.5. The number of nitrogens with one attached hydrogen (secondary N) is 2. The summed E-state index contributed by atoms with van der Waals surface area (Å²) in [5.41, 5.74) is 1.64. The molecular formula is C15H10FN3O2. The molecule has 1 saturated heterocycles. The van der Waals surface area contributed by atoms with Crippen LogP contribution in [0.4, 0.5) is 9.18 Å². The van der Waals surface area contributed by atoms with Crippen LogP contribution in [-0.2, 0) is 10.3 Å². The van der Waals surface area contributed by atoms with E-state index in [1.807, 2.05) is 6.92 Å². The van der Waals surface area contributed by atoms with Crippen molar-refractivity contribution < 1.29 is 14.0 Å². The summed E-state index contributed by atoms with van der Waals surface area (Å²) in [6.45, 7) is 1.84. The standard InChI is InChI=1S/C15H10FN3O2/c1-7-2-5-10-12(17-7)9-4-3-8(16)6-11(9)15(10)13(20)18-14(21)19-15/h2-6H,1H3,(H2,18,19,20,21). The van der Waals surface area contributed by atoms with Gasteiger partial charge in [0.1, 0.15) is 5.82 Å². The van der Waals surface area contributed by atoms with E-state index in [0.717, 1.165) is 5.69 Å². The molecule has 1 unspecified atom stereocenters. The summed E-state index contributed by atoms with van der Waals surface area (Å²) in [5, 5.41) is 4.86. The molecule has 5 nitrogen and oxygen atoms in total. The van der Waals surface area contributed by atoms with Gasteiger partial charge in [0.05, 0.1) is 5.69 Å². The molecule has 1 fully saturated rings. The molecule has 2 N–H and O–H groups in total. The van der Waals surface area contributed by atoms with Crippen molar-refractivity contribution in [1.82, 2.24) is 15.6 Å². The van der Waals surface area contributed by atoms with E-state index >= 15 is 0 Å². The maximum absolute atomic E-state index is 13.7. The molecule has 1 spiro atoms. The van der Waals surface area contributed by atoms with Gasteiger partial charge in [-0.15, -0.1) is 0 Å². The van der Waals surface area contributed by atoms with Crippen LogP contribution in [0.5, 0.6) is 0 Å². The van der Waals surface area contributed by atoms with Crippen molar-refractivity contribution in [2.24, 2.45) is 0 Å². The number of aromatic nitrogens is 1. The number of pyridine rings is 1. The minimum Gasteiger partial charge on any atom is -0.316 e. The smallest absolute Gasteiger partial charge is 0.316 e. The monoisotopic (exact) mass is 283 g/mol. The summed E-state index contributed by atoms with van der Waals surface area (Å²) >= 11 is 0. The van der Waals surface area contributed by atoms with Crippen LogP contribution in [0.25, 0.3) is 11.3 Å². The number of halogens is 1. The zero-order chi connectivity index (χ0) is 14.8. The highest BCUT2D eigenvalue weighted by atomic mass is 19.1. The van der Waals surface area contributed by atoms with Crippen LogP contribution in [0, 0.1) is 12.7 Å². The lowest BCUT2D eigenvalue weighted by atomic mass is 9.88. The molecule has 21 heavy (non-hydrogen) atoms. The second kappa shape index (κ2) is 3.66. The topological polar surface area (TPSA) is 71.1 Å². The Morgan fingerprint density at radius 3 is 2.67 bits per heavy atom. The van der Waals surface area contributed by atoms with Gasteiger partial charge in [-0.2, -0.15) is 0 Å². The van der Waals surface area contributed by atoms with Gasteiger partial charge in [-0.25, -0.2) is 9.18 Å². The predicted octanol–water partition coefficient (Wildman–Crippen LogP) is 1.59. The molecule has 0 saturated carbocycles. The van der Waals surface area contributed by atoms with Crippen molar-refractivity contribution in [1.29, 1.82) is 0 Å². The molecule has 2 aromatic rings. The van der Waals surface area contributed by atoms with Crippen molar-refractivity contribution >= 4 is 11.9 Å². The van der Waals surface area contributed by atoms with Crippen molar-refractivity contribution in [2.75, 3.05) is 0 Å². The minimum absolute atomic E-state index is 0.416. The average molecular weight is 283 g/mol. The Kier molecular flexibility index (Phi) is 2.10. The Morgan fingerprint density at radius 2 is 1.95 bits per heavy atom. The number of benzene rings is 1. The van der Waals surface area contributed by atoms with Crippen LogP contribution in [0.1, 0.15) is 16.8 Å². The number of urea groups is 1. The normalized spacial score (nSPS) is 22.0. The highest BCUT2D eigenvalue weighted by molar-refractivity contribution is 6.12. The molecule has 1 aliphatic heterocycles. The van der Waals surface area contributed by atoms with Gasteiger partial charge in [0.15, 0.2) is 5.54 Å². The zero-order valence-corrected chi connectivity index (χ0v) is 11.0. The molecule has 2 heterocycles. The molecule has 104 valence electrons. The average Bonchev–Trinajstić information content (AvgIpc) is 2.87. The second-order valence-electron chi connectivity index (χ2n) is 5.20. The Morgan fingerprint density at radius 1 is 1.14 bits per heavy atom. The molecule has 1 aromatic carbocycles. The van der Waals surface area contributed by atoms with Gasteiger partial charge in [-0.1, -0.05) is 6.07 Å². The lowest BCUT2D eigenvalue weighted by Gasteiger charge is -2.22. The van der Waals surface area contributed by atoms with E-state index in [1.54, 1.807) is 18.2 Å². The lowest BCUT2D eigenvalue weighted by molar-refractivity contribution is -0.122. The number of carbonyl (C=O) groups is 2. The Bertz CT molecular complexity index is 834. The first-order valence-corrected chi connectivity index (χ1v) is 6.44. The highest BCUT2D eigenvalue weighted by Crippen LogP contribution is 2.48. The number of rotatable bonds is 0. The van der Waals surface area contributed by atoms with Crippen molar-refractivity contribution in [3.63, 3.8) is 0 Å². The molecule has 3 amide bonds. The number of amides is 3. The number of hydrogen-bond acceptors (Lipinski definition) is 3. The molecule has 6 heteroatoms.